The van der Waals surface area contributed by atoms with Gasteiger partial charge in [0, 0.05) is 42.9 Å². The van der Waals surface area contributed by atoms with Crippen molar-refractivity contribution in [3.8, 4) is 0 Å². The number of benzene rings is 1. The van der Waals surface area contributed by atoms with Gasteiger partial charge in [0.2, 0.25) is 0 Å². The van der Waals surface area contributed by atoms with Crippen LogP contribution in [-0.2, 0) is 13.1 Å². The first-order valence-corrected chi connectivity index (χ1v) is 8.01. The number of hydrogen-bond donors (Lipinski definition) is 1. The molecule has 0 bridgehead atoms. The molecule has 0 saturated carbocycles. The van der Waals surface area contributed by atoms with Gasteiger partial charge in [0.15, 0.2) is 0 Å². The van der Waals surface area contributed by atoms with Crippen LogP contribution in [0.25, 0.3) is 0 Å². The van der Waals surface area contributed by atoms with Crippen molar-refractivity contribution in [3.63, 3.8) is 0 Å². The maximum Gasteiger partial charge on any atom is 0.0553 e. The van der Waals surface area contributed by atoms with E-state index in [1.807, 2.05) is 0 Å². The maximum atomic E-state index is 3.51. The molecule has 3 heteroatoms. The Hall–Kier alpha value is -1.90. The predicted octanol–water partition coefficient (Wildman–Crippen LogP) is 4.36. The summed E-state index contributed by atoms with van der Waals surface area (Å²) in [4.78, 5) is 2.36. The van der Waals surface area contributed by atoms with E-state index in [4.69, 9.17) is 0 Å². The highest BCUT2D eigenvalue weighted by atomic mass is 15.1. The molecule has 1 N–H and O–H groups in total. The first kappa shape index (κ1) is 15.5. The standard InChI is InChI=1S/C18H27N3/c1-4-13-21-14-7-8-18(21)15-19-16-9-11-17(12-10-16)20(5-2)6-3/h7-12,14,19H,4-6,13,15H2,1-3H3. The normalized spacial score (nSPS) is 10.6. The summed E-state index contributed by atoms with van der Waals surface area (Å²) in [5.41, 5.74) is 3.81. The highest BCUT2D eigenvalue weighted by molar-refractivity contribution is 5.55. The Bertz CT molecular complexity index is 524. The molecule has 1 heterocycles. The molecule has 114 valence electrons. The zero-order chi connectivity index (χ0) is 15.1. The summed E-state index contributed by atoms with van der Waals surface area (Å²) in [6.45, 7) is 10.7. The fourth-order valence-electron chi connectivity index (χ4n) is 2.64. The first-order chi connectivity index (χ1) is 10.3. The van der Waals surface area contributed by atoms with E-state index in [0.29, 0.717) is 0 Å². The molecule has 0 fully saturated rings. The van der Waals surface area contributed by atoms with Gasteiger partial charge in [-0.25, -0.2) is 0 Å². The smallest absolute Gasteiger partial charge is 0.0553 e. The molecule has 0 atom stereocenters. The number of aryl methyl sites for hydroxylation is 1. The average molecular weight is 285 g/mol. The monoisotopic (exact) mass is 285 g/mol. The third kappa shape index (κ3) is 4.03. The SMILES string of the molecule is CCCn1cccc1CNc1ccc(N(CC)CC)cc1. The van der Waals surface area contributed by atoms with Crippen molar-refractivity contribution in [3.05, 3.63) is 48.3 Å². The molecule has 0 aliphatic rings. The Morgan fingerprint density at radius 3 is 2.33 bits per heavy atom. The predicted molar refractivity (Wildman–Crippen MR) is 92.1 cm³/mol. The van der Waals surface area contributed by atoms with Gasteiger partial charge in [-0.2, -0.15) is 0 Å². The van der Waals surface area contributed by atoms with E-state index in [9.17, 15) is 0 Å². The number of anilines is 2. The first-order valence-electron chi connectivity index (χ1n) is 8.01. The minimum absolute atomic E-state index is 0.873. The quantitative estimate of drug-likeness (QED) is 0.778. The molecule has 1 aromatic carbocycles. The van der Waals surface area contributed by atoms with Crippen molar-refractivity contribution < 1.29 is 0 Å². The van der Waals surface area contributed by atoms with E-state index >= 15 is 0 Å². The summed E-state index contributed by atoms with van der Waals surface area (Å²) in [6.07, 6.45) is 3.32. The summed E-state index contributed by atoms with van der Waals surface area (Å²) < 4.78 is 2.32. The Labute approximate surface area is 128 Å². The molecule has 0 aliphatic carbocycles. The molecule has 1 aromatic heterocycles. The molecule has 0 radical (unpaired) electrons. The van der Waals surface area contributed by atoms with Crippen LogP contribution in [0.1, 0.15) is 32.9 Å². The molecule has 0 aliphatic heterocycles. The Morgan fingerprint density at radius 1 is 1.00 bits per heavy atom. The molecule has 0 unspecified atom stereocenters. The van der Waals surface area contributed by atoms with E-state index in [1.165, 1.54) is 23.5 Å². The van der Waals surface area contributed by atoms with Gasteiger partial charge < -0.3 is 14.8 Å². The summed E-state index contributed by atoms with van der Waals surface area (Å²) >= 11 is 0. The zero-order valence-corrected chi connectivity index (χ0v) is 13.5. The number of aromatic nitrogens is 1. The topological polar surface area (TPSA) is 20.2 Å². The third-order valence-electron chi connectivity index (χ3n) is 3.86. The van der Waals surface area contributed by atoms with E-state index < -0.39 is 0 Å². The second-order valence-electron chi connectivity index (χ2n) is 5.27. The molecule has 21 heavy (non-hydrogen) atoms. The van der Waals surface area contributed by atoms with Crippen LogP contribution in [0.3, 0.4) is 0 Å². The molecular formula is C18H27N3. The zero-order valence-electron chi connectivity index (χ0n) is 13.5. The van der Waals surface area contributed by atoms with Crippen LogP contribution < -0.4 is 10.2 Å². The second kappa shape index (κ2) is 7.77. The van der Waals surface area contributed by atoms with Gasteiger partial charge in [0.1, 0.15) is 0 Å². The molecule has 0 spiro atoms. The maximum absolute atomic E-state index is 3.51. The minimum atomic E-state index is 0.873. The van der Waals surface area contributed by atoms with Crippen molar-refractivity contribution in [1.29, 1.82) is 0 Å². The van der Waals surface area contributed by atoms with Gasteiger partial charge in [-0.05, 0) is 56.7 Å². The lowest BCUT2D eigenvalue weighted by atomic mass is 10.2. The number of hydrogen-bond acceptors (Lipinski definition) is 2. The van der Waals surface area contributed by atoms with E-state index in [2.05, 4.69) is 78.2 Å². The van der Waals surface area contributed by atoms with Gasteiger partial charge in [-0.3, -0.25) is 0 Å². The lowest BCUT2D eigenvalue weighted by Gasteiger charge is -2.21. The van der Waals surface area contributed by atoms with Crippen LogP contribution in [0, 0.1) is 0 Å². The van der Waals surface area contributed by atoms with Crippen molar-refractivity contribution in [1.82, 2.24) is 4.57 Å². The highest BCUT2D eigenvalue weighted by Crippen LogP contribution is 2.18. The fourth-order valence-corrected chi connectivity index (χ4v) is 2.64. The summed E-state index contributed by atoms with van der Waals surface area (Å²) in [5.74, 6) is 0. The minimum Gasteiger partial charge on any atom is -0.379 e. The molecule has 0 amide bonds. The lowest BCUT2D eigenvalue weighted by Crippen LogP contribution is -2.21. The van der Waals surface area contributed by atoms with E-state index in [0.717, 1.165) is 26.2 Å². The fraction of sp³-hybridized carbons (Fsp3) is 0.444. The highest BCUT2D eigenvalue weighted by Gasteiger charge is 2.02. The molecule has 2 aromatic rings. The van der Waals surface area contributed by atoms with Gasteiger partial charge in [0.05, 0.1) is 6.54 Å². The van der Waals surface area contributed by atoms with Crippen LogP contribution >= 0.6 is 0 Å². The summed E-state index contributed by atoms with van der Waals surface area (Å²) in [5, 5.41) is 3.51. The molecule has 3 nitrogen and oxygen atoms in total. The Kier molecular flexibility index (Phi) is 5.73. The van der Waals surface area contributed by atoms with Crippen molar-refractivity contribution in [2.24, 2.45) is 0 Å². The van der Waals surface area contributed by atoms with Crippen molar-refractivity contribution in [2.45, 2.75) is 40.3 Å². The van der Waals surface area contributed by atoms with Crippen LogP contribution in [-0.4, -0.2) is 17.7 Å². The van der Waals surface area contributed by atoms with Crippen molar-refractivity contribution in [2.75, 3.05) is 23.3 Å². The van der Waals surface area contributed by atoms with Gasteiger partial charge in [0.25, 0.3) is 0 Å². The average Bonchev–Trinajstić information content (AvgIpc) is 2.95. The number of rotatable bonds is 8. The Balaban J connectivity index is 1.96. The third-order valence-corrected chi connectivity index (χ3v) is 3.86. The second-order valence-corrected chi connectivity index (χ2v) is 5.27. The number of nitrogens with zero attached hydrogens (tertiary/aromatic N) is 2. The lowest BCUT2D eigenvalue weighted by molar-refractivity contribution is 0.654. The van der Waals surface area contributed by atoms with Gasteiger partial charge in [-0.1, -0.05) is 6.92 Å². The van der Waals surface area contributed by atoms with Crippen LogP contribution in [0.15, 0.2) is 42.6 Å². The molecule has 0 saturated heterocycles. The Morgan fingerprint density at radius 2 is 1.71 bits per heavy atom. The van der Waals surface area contributed by atoms with E-state index in [-0.39, 0.29) is 0 Å². The van der Waals surface area contributed by atoms with Crippen LogP contribution in [0.4, 0.5) is 11.4 Å². The van der Waals surface area contributed by atoms with Gasteiger partial charge in [-0.15, -0.1) is 0 Å². The molecule has 2 rings (SSSR count). The van der Waals surface area contributed by atoms with Crippen LogP contribution in [0.2, 0.25) is 0 Å². The van der Waals surface area contributed by atoms with E-state index in [1.54, 1.807) is 0 Å². The number of nitrogens with one attached hydrogen (secondary N) is 1. The summed E-state index contributed by atoms with van der Waals surface area (Å²) in [7, 11) is 0. The summed E-state index contributed by atoms with van der Waals surface area (Å²) in [6, 6.07) is 13.0. The molecular weight excluding hydrogens is 258 g/mol. The van der Waals surface area contributed by atoms with Crippen LogP contribution in [0.5, 0.6) is 0 Å². The van der Waals surface area contributed by atoms with Crippen molar-refractivity contribution >= 4 is 11.4 Å². The largest absolute Gasteiger partial charge is 0.379 e. The van der Waals surface area contributed by atoms with Gasteiger partial charge >= 0.3 is 0 Å².